The molecule has 0 aliphatic rings. The molecule has 0 fully saturated rings. The summed E-state index contributed by atoms with van der Waals surface area (Å²) < 4.78 is 0. The van der Waals surface area contributed by atoms with Crippen LogP contribution < -0.4 is 5.32 Å². The van der Waals surface area contributed by atoms with Crippen molar-refractivity contribution in [2.75, 3.05) is 6.54 Å². The molecule has 0 spiro atoms. The first-order valence-electron chi connectivity index (χ1n) is 7.40. The van der Waals surface area contributed by atoms with Crippen LogP contribution in [0, 0.1) is 12.8 Å². The molecule has 0 radical (unpaired) electrons. The van der Waals surface area contributed by atoms with E-state index in [1.807, 2.05) is 0 Å². The van der Waals surface area contributed by atoms with E-state index in [2.05, 4.69) is 66.8 Å². The second-order valence-electron chi connectivity index (χ2n) is 5.41. The largest absolute Gasteiger partial charge is 0.310 e. The molecule has 2 rings (SSSR count). The van der Waals surface area contributed by atoms with E-state index in [0.717, 1.165) is 25.1 Å². The molecule has 108 valence electrons. The van der Waals surface area contributed by atoms with E-state index < -0.39 is 0 Å². The van der Waals surface area contributed by atoms with Gasteiger partial charge in [-0.15, -0.1) is 11.3 Å². The van der Waals surface area contributed by atoms with Crippen LogP contribution in [0.3, 0.4) is 0 Å². The minimum atomic E-state index is 0.403. The van der Waals surface area contributed by atoms with E-state index >= 15 is 0 Å². The Kier molecular flexibility index (Phi) is 5.74. The summed E-state index contributed by atoms with van der Waals surface area (Å²) in [4.78, 5) is 4.60. The van der Waals surface area contributed by atoms with Crippen LogP contribution in [-0.4, -0.2) is 11.5 Å². The Hall–Kier alpha value is -1.19. The van der Waals surface area contributed by atoms with Crippen LogP contribution in [0.5, 0.6) is 0 Å². The zero-order valence-electron chi connectivity index (χ0n) is 12.6. The molecule has 0 saturated heterocycles. The second-order valence-corrected chi connectivity index (χ2v) is 6.35. The van der Waals surface area contributed by atoms with E-state index in [-0.39, 0.29) is 0 Å². The number of hydrogen-bond acceptors (Lipinski definition) is 3. The lowest BCUT2D eigenvalue weighted by Gasteiger charge is -2.25. The topological polar surface area (TPSA) is 24.9 Å². The number of aryl methyl sites for hydroxylation is 1. The zero-order chi connectivity index (χ0) is 14.4. The molecule has 0 bridgehead atoms. The maximum absolute atomic E-state index is 4.60. The summed E-state index contributed by atoms with van der Waals surface area (Å²) in [5.41, 5.74) is 2.51. The van der Waals surface area contributed by atoms with Gasteiger partial charge in [0.25, 0.3) is 0 Å². The summed E-state index contributed by atoms with van der Waals surface area (Å²) in [5, 5.41) is 7.07. The molecule has 2 aromatic rings. The summed E-state index contributed by atoms with van der Waals surface area (Å²) in [7, 11) is 0. The van der Waals surface area contributed by atoms with Gasteiger partial charge in [-0.05, 0) is 31.4 Å². The maximum atomic E-state index is 4.60. The number of benzene rings is 1. The molecule has 1 N–H and O–H groups in total. The first-order valence-corrected chi connectivity index (χ1v) is 8.28. The molecule has 2 nitrogen and oxygen atoms in total. The number of hydrogen-bond donors (Lipinski definition) is 1. The molecule has 0 aliphatic carbocycles. The lowest BCUT2D eigenvalue weighted by Crippen LogP contribution is -2.28. The van der Waals surface area contributed by atoms with Crippen molar-refractivity contribution in [1.82, 2.24) is 10.3 Å². The van der Waals surface area contributed by atoms with Crippen molar-refractivity contribution in [3.8, 4) is 0 Å². The first kappa shape index (κ1) is 15.2. The monoisotopic (exact) mass is 288 g/mol. The lowest BCUT2D eigenvalue weighted by atomic mass is 9.92. The van der Waals surface area contributed by atoms with Crippen molar-refractivity contribution in [2.45, 2.75) is 39.7 Å². The average Bonchev–Trinajstić information content (AvgIpc) is 2.86. The predicted molar refractivity (Wildman–Crippen MR) is 87.2 cm³/mol. The fraction of sp³-hybridized carbons (Fsp3) is 0.471. The number of thiazole rings is 1. The smallest absolute Gasteiger partial charge is 0.0931 e. The van der Waals surface area contributed by atoms with Gasteiger partial charge in [0.1, 0.15) is 0 Å². The minimum absolute atomic E-state index is 0.403. The van der Waals surface area contributed by atoms with Crippen molar-refractivity contribution < 1.29 is 0 Å². The van der Waals surface area contributed by atoms with Crippen molar-refractivity contribution in [1.29, 1.82) is 0 Å². The van der Waals surface area contributed by atoms with Gasteiger partial charge >= 0.3 is 0 Å². The molecule has 0 amide bonds. The first-order chi connectivity index (χ1) is 9.70. The minimum Gasteiger partial charge on any atom is -0.310 e. The van der Waals surface area contributed by atoms with Crippen molar-refractivity contribution in [2.24, 2.45) is 5.92 Å². The van der Waals surface area contributed by atoms with Gasteiger partial charge in [-0.1, -0.05) is 44.2 Å². The molecule has 1 aromatic carbocycles. The molecular weight excluding hydrogens is 264 g/mol. The quantitative estimate of drug-likeness (QED) is 0.818. The predicted octanol–water partition coefficient (Wildman–Crippen LogP) is 4.37. The van der Waals surface area contributed by atoms with Crippen LogP contribution in [0.25, 0.3) is 0 Å². The van der Waals surface area contributed by atoms with Gasteiger partial charge in [0, 0.05) is 23.5 Å². The number of nitrogens with one attached hydrogen (secondary N) is 1. The number of nitrogens with zero attached hydrogens (tertiary/aromatic N) is 1. The fourth-order valence-electron chi connectivity index (χ4n) is 2.50. The Bertz CT molecular complexity index is 507. The van der Waals surface area contributed by atoms with Gasteiger partial charge in [0.2, 0.25) is 0 Å². The summed E-state index contributed by atoms with van der Waals surface area (Å²) in [6.45, 7) is 7.65. The molecule has 2 atom stereocenters. The third kappa shape index (κ3) is 4.15. The Morgan fingerprint density at radius 1 is 1.25 bits per heavy atom. The Balaban J connectivity index is 2.09. The van der Waals surface area contributed by atoms with E-state index in [1.54, 1.807) is 11.3 Å². The molecule has 0 aliphatic heterocycles. The van der Waals surface area contributed by atoms with Gasteiger partial charge in [-0.3, -0.25) is 0 Å². The Morgan fingerprint density at radius 2 is 2.00 bits per heavy atom. The van der Waals surface area contributed by atoms with Crippen LogP contribution in [0.4, 0.5) is 0 Å². The molecule has 0 saturated carbocycles. The summed E-state index contributed by atoms with van der Waals surface area (Å²) >= 11 is 1.78. The summed E-state index contributed by atoms with van der Waals surface area (Å²) in [6, 6.07) is 11.2. The Labute approximate surface area is 126 Å². The van der Waals surface area contributed by atoms with Gasteiger partial charge in [0.05, 0.1) is 5.01 Å². The van der Waals surface area contributed by atoms with Gasteiger partial charge in [-0.25, -0.2) is 4.98 Å². The molecule has 1 heterocycles. The highest BCUT2D eigenvalue weighted by Gasteiger charge is 2.19. The zero-order valence-corrected chi connectivity index (χ0v) is 13.4. The van der Waals surface area contributed by atoms with Crippen LogP contribution in [-0.2, 0) is 6.42 Å². The van der Waals surface area contributed by atoms with Gasteiger partial charge in [-0.2, -0.15) is 0 Å². The Morgan fingerprint density at radius 3 is 2.60 bits per heavy atom. The standard InChI is InChI=1S/C17H24N2S/c1-4-10-18-17(15-8-6-5-7-9-15)13(2)11-16-19-14(3)12-20-16/h5-9,12-13,17-18H,4,10-11H2,1-3H3. The van der Waals surface area contributed by atoms with E-state index in [0.29, 0.717) is 12.0 Å². The normalized spacial score (nSPS) is 14.2. The van der Waals surface area contributed by atoms with Crippen molar-refractivity contribution >= 4 is 11.3 Å². The number of rotatable bonds is 7. The molecule has 2 unspecified atom stereocenters. The van der Waals surface area contributed by atoms with Crippen molar-refractivity contribution in [3.05, 3.63) is 52.0 Å². The third-order valence-corrected chi connectivity index (χ3v) is 4.49. The third-order valence-electron chi connectivity index (χ3n) is 3.51. The molecular formula is C17H24N2S. The van der Waals surface area contributed by atoms with Crippen LogP contribution in [0.15, 0.2) is 35.7 Å². The average molecular weight is 288 g/mol. The lowest BCUT2D eigenvalue weighted by molar-refractivity contribution is 0.384. The molecule has 3 heteroatoms. The van der Waals surface area contributed by atoms with E-state index in [1.165, 1.54) is 10.6 Å². The second kappa shape index (κ2) is 7.55. The summed E-state index contributed by atoms with van der Waals surface area (Å²) in [6.07, 6.45) is 2.20. The number of aromatic nitrogens is 1. The highest BCUT2D eigenvalue weighted by atomic mass is 32.1. The van der Waals surface area contributed by atoms with Crippen LogP contribution in [0.2, 0.25) is 0 Å². The maximum Gasteiger partial charge on any atom is 0.0931 e. The van der Waals surface area contributed by atoms with Crippen molar-refractivity contribution in [3.63, 3.8) is 0 Å². The van der Waals surface area contributed by atoms with E-state index in [9.17, 15) is 0 Å². The molecule has 1 aromatic heterocycles. The van der Waals surface area contributed by atoms with Gasteiger partial charge in [0.15, 0.2) is 0 Å². The molecule has 20 heavy (non-hydrogen) atoms. The highest BCUT2D eigenvalue weighted by Crippen LogP contribution is 2.26. The SMILES string of the molecule is CCCNC(c1ccccc1)C(C)Cc1nc(C)cs1. The highest BCUT2D eigenvalue weighted by molar-refractivity contribution is 7.09. The fourth-order valence-corrected chi connectivity index (χ4v) is 3.41. The van der Waals surface area contributed by atoms with Gasteiger partial charge < -0.3 is 5.32 Å². The summed E-state index contributed by atoms with van der Waals surface area (Å²) in [5.74, 6) is 0.537. The van der Waals surface area contributed by atoms with E-state index in [4.69, 9.17) is 0 Å². The van der Waals surface area contributed by atoms with Crippen LogP contribution >= 0.6 is 11.3 Å². The van der Waals surface area contributed by atoms with Crippen LogP contribution in [0.1, 0.15) is 42.6 Å².